The lowest BCUT2D eigenvalue weighted by Gasteiger charge is -2.33. The summed E-state index contributed by atoms with van der Waals surface area (Å²) in [5, 5.41) is 0. The van der Waals surface area contributed by atoms with Gasteiger partial charge in [-0.2, -0.15) is 0 Å². The van der Waals surface area contributed by atoms with Crippen molar-refractivity contribution in [2.45, 2.75) is 45.3 Å². The molecule has 10 nitrogen and oxygen atoms in total. The molecule has 12 heteroatoms. The summed E-state index contributed by atoms with van der Waals surface area (Å²) in [5.41, 5.74) is 2.26. The molecule has 0 saturated heterocycles. The highest BCUT2D eigenvalue weighted by Gasteiger charge is 2.33. The maximum atomic E-state index is 12.4. The summed E-state index contributed by atoms with van der Waals surface area (Å²) < 4.78 is 27.2. The van der Waals surface area contributed by atoms with Gasteiger partial charge in [0.05, 0.1) is 31.0 Å². The van der Waals surface area contributed by atoms with Gasteiger partial charge in [0.25, 0.3) is 5.91 Å². The van der Waals surface area contributed by atoms with Gasteiger partial charge in [0.1, 0.15) is 11.5 Å². The van der Waals surface area contributed by atoms with Crippen LogP contribution in [0.25, 0.3) is 0 Å². The molecule has 0 saturated carbocycles. The molecule has 0 aromatic heterocycles. The maximum absolute atomic E-state index is 12.4. The lowest BCUT2D eigenvalue weighted by atomic mass is 9.99. The average molecular weight is 779 g/mol. The Balaban J connectivity index is 0.000000230. The van der Waals surface area contributed by atoms with Crippen LogP contribution in [0.1, 0.15) is 53.0 Å². The number of ether oxygens (including phenoxy) is 5. The largest absolute Gasteiger partial charge is 0.483 e. The zero-order valence-corrected chi connectivity index (χ0v) is 27.2. The molecule has 2 atom stereocenters. The summed E-state index contributed by atoms with van der Waals surface area (Å²) in [6.45, 7) is 4.67. The third kappa shape index (κ3) is 7.43. The van der Waals surface area contributed by atoms with Crippen LogP contribution in [0, 0.1) is 7.14 Å². The van der Waals surface area contributed by atoms with E-state index in [1.807, 2.05) is 0 Å². The van der Waals surface area contributed by atoms with Crippen LogP contribution >= 0.6 is 45.2 Å². The van der Waals surface area contributed by atoms with Crippen molar-refractivity contribution in [2.75, 3.05) is 39.4 Å². The number of Topliss-reactive ketones (excluding diaryl/α,β-unsaturated/α-hetero) is 1. The van der Waals surface area contributed by atoms with Crippen LogP contribution in [0.4, 0.5) is 5.69 Å². The number of unbranched alkanes of at least 4 members (excludes halogenated alkanes) is 1. The number of nitrogens with zero attached hydrogens (tertiary/aromatic N) is 1. The zero-order valence-electron chi connectivity index (χ0n) is 22.9. The van der Waals surface area contributed by atoms with E-state index >= 15 is 0 Å². The third-order valence-electron chi connectivity index (χ3n) is 6.32. The van der Waals surface area contributed by atoms with Gasteiger partial charge in [-0.25, -0.2) is 9.59 Å². The minimum atomic E-state index is -0.537. The van der Waals surface area contributed by atoms with Crippen molar-refractivity contribution in [3.63, 3.8) is 0 Å². The van der Waals surface area contributed by atoms with Crippen molar-refractivity contribution in [2.24, 2.45) is 0 Å². The van der Waals surface area contributed by atoms with Gasteiger partial charge in [-0.15, -0.1) is 0 Å². The number of amides is 1. The second-order valence-corrected chi connectivity index (χ2v) is 11.4. The van der Waals surface area contributed by atoms with Crippen molar-refractivity contribution in [3.8, 4) is 11.5 Å². The minimum Gasteiger partial charge on any atom is -0.483 e. The Labute approximate surface area is 260 Å². The third-order valence-corrected chi connectivity index (χ3v) is 8.10. The Bertz CT molecular complexity index is 1300. The first-order valence-electron chi connectivity index (χ1n) is 12.5. The molecule has 0 unspecified atom stereocenters. The summed E-state index contributed by atoms with van der Waals surface area (Å²) in [6, 6.07) is 6.88. The smallest absolute Gasteiger partial charge is 0.339 e. The molecule has 1 amide bonds. The number of carbonyl (C=O) groups is 4. The van der Waals surface area contributed by atoms with Gasteiger partial charge in [-0.3, -0.25) is 9.59 Å². The number of esters is 2. The quantitative estimate of drug-likeness (QED) is 0.226. The fourth-order valence-electron chi connectivity index (χ4n) is 4.14. The molecule has 0 N–H and O–H groups in total. The number of methoxy groups -OCH3 is 3. The minimum absolute atomic E-state index is 0.0227. The molecule has 4 rings (SSSR count). The van der Waals surface area contributed by atoms with Gasteiger partial charge in [-0.05, 0) is 96.1 Å². The summed E-state index contributed by atoms with van der Waals surface area (Å²) in [4.78, 5) is 49.1. The highest BCUT2D eigenvalue weighted by atomic mass is 127. The number of benzene rings is 2. The van der Waals surface area contributed by atoms with E-state index in [0.717, 1.165) is 25.5 Å². The van der Waals surface area contributed by atoms with E-state index < -0.39 is 24.1 Å². The number of hydrogen-bond acceptors (Lipinski definition) is 9. The summed E-state index contributed by atoms with van der Waals surface area (Å²) in [7, 11) is 4.33. The van der Waals surface area contributed by atoms with E-state index in [0.29, 0.717) is 47.9 Å². The second-order valence-electron chi connectivity index (χ2n) is 9.08. The number of carbonyl (C=O) groups excluding carboxylic acids is 4. The molecule has 0 bridgehead atoms. The lowest BCUT2D eigenvalue weighted by molar-refractivity contribution is -0.126. The lowest BCUT2D eigenvalue weighted by Crippen LogP contribution is -2.45. The van der Waals surface area contributed by atoms with Crippen LogP contribution in [-0.4, -0.2) is 70.3 Å². The van der Waals surface area contributed by atoms with E-state index in [4.69, 9.17) is 18.9 Å². The van der Waals surface area contributed by atoms with Crippen LogP contribution in [0.3, 0.4) is 0 Å². The van der Waals surface area contributed by atoms with Gasteiger partial charge in [0.2, 0.25) is 0 Å². The molecule has 0 radical (unpaired) electrons. The topological polar surface area (TPSA) is 118 Å². The Morgan fingerprint density at radius 1 is 0.875 bits per heavy atom. The Kier molecular flexibility index (Phi) is 11.6. The van der Waals surface area contributed by atoms with E-state index in [9.17, 15) is 19.2 Å². The van der Waals surface area contributed by atoms with Gasteiger partial charge >= 0.3 is 11.9 Å². The number of anilines is 1. The van der Waals surface area contributed by atoms with Crippen molar-refractivity contribution in [1.29, 1.82) is 0 Å². The summed E-state index contributed by atoms with van der Waals surface area (Å²) >= 11 is 4.11. The monoisotopic (exact) mass is 779 g/mol. The van der Waals surface area contributed by atoms with Crippen molar-refractivity contribution in [1.82, 2.24) is 0 Å². The molecule has 2 aromatic rings. The Morgan fingerprint density at radius 3 is 2.05 bits per heavy atom. The molecule has 216 valence electrons. The molecular weight excluding hydrogens is 748 g/mol. The molecule has 0 spiro atoms. The van der Waals surface area contributed by atoms with E-state index in [1.54, 1.807) is 50.1 Å². The predicted molar refractivity (Wildman–Crippen MR) is 163 cm³/mol. The summed E-state index contributed by atoms with van der Waals surface area (Å²) in [6.07, 6.45) is 1.02. The first kappa shape index (κ1) is 32.1. The molecular formula is C28H31I2NO9. The van der Waals surface area contributed by atoms with Gasteiger partial charge in [0.15, 0.2) is 18.0 Å². The van der Waals surface area contributed by atoms with Crippen LogP contribution < -0.4 is 14.4 Å². The normalized spacial score (nSPS) is 17.4. The molecule has 0 fully saturated rings. The predicted octanol–water partition coefficient (Wildman–Crippen LogP) is 4.59. The van der Waals surface area contributed by atoms with Crippen LogP contribution in [-0.2, 0) is 30.2 Å². The first-order valence-corrected chi connectivity index (χ1v) is 14.7. The number of halogens is 2. The Morgan fingerprint density at radius 2 is 1.45 bits per heavy atom. The second kappa shape index (κ2) is 14.4. The van der Waals surface area contributed by atoms with Crippen LogP contribution in [0.2, 0.25) is 0 Å². The SMILES string of the molecule is COC(=O)c1cc2c(cc1I)O[C@H](C)C(=O)C2.COCCCCN1C(=O)[C@@H](C)Oc2cc(I)c(C(=O)OC)cc21. The first-order chi connectivity index (χ1) is 19.0. The molecule has 2 aliphatic rings. The maximum Gasteiger partial charge on any atom is 0.339 e. The number of fused-ring (bicyclic) bond motifs is 2. The molecule has 2 aliphatic heterocycles. The number of rotatable bonds is 7. The fraction of sp³-hybridized carbons (Fsp3) is 0.429. The standard InChI is InChI=1S/C16H20INO5.C12H11IO4/c1-10-15(19)18(6-4-5-7-21-2)13-8-11(16(20)22-3)12(17)9-14(13)23-10;1-6-10(14)4-7-3-8(12(15)16-2)9(13)5-11(7)17-6/h8-10H,4-7H2,1-3H3;3,5-6H,4H2,1-2H3/t10-;6-/m11/s1. The van der Waals surface area contributed by atoms with Crippen molar-refractivity contribution >= 4 is 74.5 Å². The van der Waals surface area contributed by atoms with E-state index in [-0.39, 0.29) is 11.7 Å². The summed E-state index contributed by atoms with van der Waals surface area (Å²) in [5.74, 6) is 0.377. The van der Waals surface area contributed by atoms with E-state index in [2.05, 4.69) is 49.9 Å². The molecule has 2 heterocycles. The fourth-order valence-corrected chi connectivity index (χ4v) is 5.46. The van der Waals surface area contributed by atoms with Gasteiger partial charge < -0.3 is 28.6 Å². The van der Waals surface area contributed by atoms with E-state index in [1.165, 1.54) is 14.2 Å². The number of hydrogen-bond donors (Lipinski definition) is 0. The van der Waals surface area contributed by atoms with Gasteiger partial charge in [0, 0.05) is 39.4 Å². The van der Waals surface area contributed by atoms with Crippen molar-refractivity contribution in [3.05, 3.63) is 48.1 Å². The average Bonchev–Trinajstić information content (AvgIpc) is 2.93. The Hall–Kier alpha value is -2.46. The van der Waals surface area contributed by atoms with Crippen molar-refractivity contribution < 1.29 is 42.9 Å². The highest BCUT2D eigenvalue weighted by molar-refractivity contribution is 14.1. The number of ketones is 1. The van der Waals surface area contributed by atoms with Crippen LogP contribution in [0.5, 0.6) is 11.5 Å². The zero-order chi connectivity index (χ0) is 29.6. The van der Waals surface area contributed by atoms with Gasteiger partial charge in [-0.1, -0.05) is 0 Å². The molecule has 40 heavy (non-hydrogen) atoms. The van der Waals surface area contributed by atoms with Crippen LogP contribution in [0.15, 0.2) is 24.3 Å². The highest BCUT2D eigenvalue weighted by Crippen LogP contribution is 2.37. The molecule has 2 aromatic carbocycles. The molecule has 0 aliphatic carbocycles.